The van der Waals surface area contributed by atoms with Gasteiger partial charge >= 0.3 is 0 Å². The van der Waals surface area contributed by atoms with Crippen LogP contribution >= 0.6 is 0 Å². The van der Waals surface area contributed by atoms with Crippen LogP contribution in [0.1, 0.15) is 21.5 Å². The summed E-state index contributed by atoms with van der Waals surface area (Å²) in [5, 5.41) is 7.83. The summed E-state index contributed by atoms with van der Waals surface area (Å²) in [5.74, 6) is -1.25. The summed E-state index contributed by atoms with van der Waals surface area (Å²) in [6, 6.07) is 10.8. The lowest BCUT2D eigenvalue weighted by Crippen LogP contribution is -2.33. The van der Waals surface area contributed by atoms with Gasteiger partial charge in [0, 0.05) is 32.8 Å². The second-order valence-electron chi connectivity index (χ2n) is 8.18. The number of hydrogen-bond donors (Lipinski definition) is 3. The molecule has 0 bridgehead atoms. The standard InChI is InChI=1S/C26H28FN5O5/c1-15-9-10-20(19(27)11-15)30-24-22(25(35)29-4)23(16(2)26(36)31(24)5)32(14-33)17-7-6-8-18(12-17)37-13-21(34)28-3/h6-12,14,30H,13H2,1-5H3,(H,28,34)(H,29,35). The van der Waals surface area contributed by atoms with E-state index in [1.807, 2.05) is 0 Å². The van der Waals surface area contributed by atoms with E-state index in [0.717, 1.165) is 4.90 Å². The van der Waals surface area contributed by atoms with E-state index in [-0.39, 0.29) is 52.3 Å². The molecule has 1 aromatic heterocycles. The van der Waals surface area contributed by atoms with E-state index in [1.54, 1.807) is 31.2 Å². The summed E-state index contributed by atoms with van der Waals surface area (Å²) in [7, 11) is 4.32. The fourth-order valence-electron chi connectivity index (χ4n) is 3.75. The monoisotopic (exact) mass is 509 g/mol. The maximum absolute atomic E-state index is 14.7. The normalized spacial score (nSPS) is 10.4. The molecule has 0 aliphatic rings. The molecule has 2 aromatic carbocycles. The zero-order chi connectivity index (χ0) is 27.3. The molecule has 3 rings (SSSR count). The molecule has 0 unspecified atom stereocenters. The van der Waals surface area contributed by atoms with Crippen LogP contribution in [0.2, 0.25) is 0 Å². The molecular weight excluding hydrogens is 481 g/mol. The van der Waals surface area contributed by atoms with E-state index >= 15 is 0 Å². The number of amides is 3. The van der Waals surface area contributed by atoms with Gasteiger partial charge in [-0.05, 0) is 43.7 Å². The van der Waals surface area contributed by atoms with E-state index in [1.165, 1.54) is 50.8 Å². The topological polar surface area (TPSA) is 122 Å². The SMILES string of the molecule is CNC(=O)COc1cccc(N(C=O)c2c(C(=O)NC)c(Nc3ccc(C)cc3F)n(C)c(=O)c2C)c1. The van der Waals surface area contributed by atoms with Crippen molar-refractivity contribution >= 4 is 41.1 Å². The number of nitrogens with zero attached hydrogens (tertiary/aromatic N) is 2. The molecule has 0 aliphatic carbocycles. The molecule has 1 heterocycles. The summed E-state index contributed by atoms with van der Waals surface area (Å²) in [6.07, 6.45) is 0.461. The largest absolute Gasteiger partial charge is 0.484 e. The lowest BCUT2D eigenvalue weighted by atomic mass is 10.1. The van der Waals surface area contributed by atoms with Crippen molar-refractivity contribution in [2.75, 3.05) is 30.9 Å². The van der Waals surface area contributed by atoms with Gasteiger partial charge in [0.25, 0.3) is 17.4 Å². The Morgan fingerprint density at radius 2 is 1.84 bits per heavy atom. The number of likely N-dealkylation sites (N-methyl/N-ethyl adjacent to an activating group) is 1. The van der Waals surface area contributed by atoms with Crippen molar-refractivity contribution in [2.24, 2.45) is 7.05 Å². The van der Waals surface area contributed by atoms with Gasteiger partial charge in [0.2, 0.25) is 6.41 Å². The van der Waals surface area contributed by atoms with E-state index in [4.69, 9.17) is 4.74 Å². The maximum Gasteiger partial charge on any atom is 0.257 e. The zero-order valence-corrected chi connectivity index (χ0v) is 21.1. The van der Waals surface area contributed by atoms with E-state index in [2.05, 4.69) is 16.0 Å². The highest BCUT2D eigenvalue weighted by atomic mass is 19.1. The fraction of sp³-hybridized carbons (Fsp3) is 0.231. The van der Waals surface area contributed by atoms with Crippen molar-refractivity contribution in [3.8, 4) is 5.75 Å². The van der Waals surface area contributed by atoms with Gasteiger partial charge in [-0.3, -0.25) is 28.6 Å². The molecule has 0 aliphatic heterocycles. The van der Waals surface area contributed by atoms with Gasteiger partial charge in [-0.25, -0.2) is 4.39 Å². The summed E-state index contributed by atoms with van der Waals surface area (Å²) in [4.78, 5) is 51.5. The third-order valence-corrected chi connectivity index (χ3v) is 5.71. The summed E-state index contributed by atoms with van der Waals surface area (Å²) in [5.41, 5.74) is 0.582. The third-order valence-electron chi connectivity index (χ3n) is 5.71. The average Bonchev–Trinajstić information content (AvgIpc) is 2.89. The highest BCUT2D eigenvalue weighted by molar-refractivity contribution is 6.08. The summed E-state index contributed by atoms with van der Waals surface area (Å²) < 4.78 is 21.4. The number of rotatable bonds is 9. The number of carbonyl (C=O) groups excluding carboxylic acids is 3. The molecule has 0 saturated heterocycles. The van der Waals surface area contributed by atoms with Crippen LogP contribution in [0.4, 0.5) is 27.3 Å². The molecule has 3 N–H and O–H groups in total. The Morgan fingerprint density at radius 3 is 2.46 bits per heavy atom. The highest BCUT2D eigenvalue weighted by Gasteiger charge is 2.28. The molecule has 0 saturated carbocycles. The van der Waals surface area contributed by atoms with Crippen LogP contribution < -0.4 is 31.1 Å². The van der Waals surface area contributed by atoms with Crippen LogP contribution in [-0.2, 0) is 16.6 Å². The smallest absolute Gasteiger partial charge is 0.257 e. The lowest BCUT2D eigenvalue weighted by Gasteiger charge is -2.26. The highest BCUT2D eigenvalue weighted by Crippen LogP contribution is 2.36. The molecule has 3 amide bonds. The number of aryl methyl sites for hydroxylation is 1. The molecule has 10 nitrogen and oxygen atoms in total. The Balaban J connectivity index is 2.23. The summed E-state index contributed by atoms with van der Waals surface area (Å²) >= 11 is 0. The fourth-order valence-corrected chi connectivity index (χ4v) is 3.75. The average molecular weight is 510 g/mol. The summed E-state index contributed by atoms with van der Waals surface area (Å²) in [6.45, 7) is 2.98. The molecule has 194 valence electrons. The van der Waals surface area contributed by atoms with Crippen LogP contribution in [0, 0.1) is 19.7 Å². The number of halogens is 1. The molecule has 0 radical (unpaired) electrons. The van der Waals surface area contributed by atoms with Gasteiger partial charge in [-0.2, -0.15) is 0 Å². The van der Waals surface area contributed by atoms with Crippen molar-refractivity contribution in [2.45, 2.75) is 13.8 Å². The first-order valence-electron chi connectivity index (χ1n) is 11.3. The van der Waals surface area contributed by atoms with Gasteiger partial charge in [0.15, 0.2) is 6.61 Å². The van der Waals surface area contributed by atoms with Crippen LogP contribution in [0.15, 0.2) is 47.3 Å². The van der Waals surface area contributed by atoms with Crippen LogP contribution in [0.3, 0.4) is 0 Å². The number of aromatic nitrogens is 1. The Labute approximate surface area is 213 Å². The molecule has 0 spiro atoms. The first kappa shape index (κ1) is 26.9. The van der Waals surface area contributed by atoms with Crippen molar-refractivity contribution < 1.29 is 23.5 Å². The number of carbonyl (C=O) groups is 3. The molecular formula is C26H28FN5O5. The Morgan fingerprint density at radius 1 is 1.11 bits per heavy atom. The van der Waals surface area contributed by atoms with Gasteiger partial charge in [0.05, 0.1) is 17.1 Å². The van der Waals surface area contributed by atoms with E-state index in [9.17, 15) is 23.6 Å². The first-order chi connectivity index (χ1) is 17.6. The third kappa shape index (κ3) is 5.61. The quantitative estimate of drug-likeness (QED) is 0.382. The van der Waals surface area contributed by atoms with E-state index in [0.29, 0.717) is 12.0 Å². The van der Waals surface area contributed by atoms with Crippen molar-refractivity contribution in [1.82, 2.24) is 15.2 Å². The second-order valence-corrected chi connectivity index (χ2v) is 8.18. The van der Waals surface area contributed by atoms with Gasteiger partial charge in [-0.1, -0.05) is 12.1 Å². The minimum atomic E-state index is -0.609. The Kier molecular flexibility index (Phi) is 8.28. The first-order valence-corrected chi connectivity index (χ1v) is 11.3. The molecule has 0 atom stereocenters. The van der Waals surface area contributed by atoms with Gasteiger partial charge in [0.1, 0.15) is 22.9 Å². The number of benzene rings is 2. The van der Waals surface area contributed by atoms with Crippen LogP contribution in [0.25, 0.3) is 0 Å². The van der Waals surface area contributed by atoms with Crippen molar-refractivity contribution in [1.29, 1.82) is 0 Å². The van der Waals surface area contributed by atoms with Crippen molar-refractivity contribution in [3.63, 3.8) is 0 Å². The number of nitrogens with one attached hydrogen (secondary N) is 3. The molecule has 11 heteroatoms. The van der Waals surface area contributed by atoms with Crippen LogP contribution in [-0.4, -0.2) is 43.5 Å². The molecule has 37 heavy (non-hydrogen) atoms. The molecule has 3 aromatic rings. The van der Waals surface area contributed by atoms with Gasteiger partial charge < -0.3 is 20.7 Å². The lowest BCUT2D eigenvalue weighted by molar-refractivity contribution is -0.122. The Bertz CT molecular complexity index is 1420. The number of ether oxygens (including phenoxy) is 1. The number of pyridine rings is 1. The minimum absolute atomic E-state index is 0.00780. The Hall–Kier alpha value is -4.67. The molecule has 0 fully saturated rings. The number of anilines is 4. The minimum Gasteiger partial charge on any atom is -0.484 e. The van der Waals surface area contributed by atoms with Gasteiger partial charge in [-0.15, -0.1) is 0 Å². The zero-order valence-electron chi connectivity index (χ0n) is 21.1. The number of hydrogen-bond acceptors (Lipinski definition) is 6. The predicted molar refractivity (Wildman–Crippen MR) is 138 cm³/mol. The van der Waals surface area contributed by atoms with E-state index < -0.39 is 17.3 Å². The maximum atomic E-state index is 14.7. The van der Waals surface area contributed by atoms with Crippen LogP contribution in [0.5, 0.6) is 5.75 Å². The predicted octanol–water partition coefficient (Wildman–Crippen LogP) is 2.66. The second kappa shape index (κ2) is 11.4. The van der Waals surface area contributed by atoms with Crippen molar-refractivity contribution in [3.05, 3.63) is 75.3 Å².